The van der Waals surface area contributed by atoms with Crippen LogP contribution in [0.1, 0.15) is 18.2 Å². The van der Waals surface area contributed by atoms with Crippen molar-refractivity contribution >= 4 is 10.9 Å². The van der Waals surface area contributed by atoms with Crippen LogP contribution in [-0.4, -0.2) is 23.2 Å². The number of fused-ring (bicyclic) bond motifs is 1. The highest BCUT2D eigenvalue weighted by Gasteiger charge is 2.11. The fraction of sp³-hybridized carbons (Fsp3) is 0.217. The molecule has 5 heteroatoms. The predicted molar refractivity (Wildman–Crippen MR) is 111 cm³/mol. The number of nitrogens with one attached hydrogen (secondary N) is 2. The van der Waals surface area contributed by atoms with E-state index in [1.54, 1.807) is 19.2 Å². The van der Waals surface area contributed by atoms with E-state index < -0.39 is 0 Å². The molecule has 0 radical (unpaired) electrons. The highest BCUT2D eigenvalue weighted by atomic mass is 16.5. The van der Waals surface area contributed by atoms with Gasteiger partial charge in [0.05, 0.1) is 13.7 Å². The summed E-state index contributed by atoms with van der Waals surface area (Å²) in [6.45, 7) is 2.83. The minimum Gasteiger partial charge on any atom is -0.508 e. The molecule has 2 aromatic heterocycles. The number of hydrogen-bond acceptors (Lipinski definition) is 4. The standard InChI is InChI=1S/C23H24N2O3/c1-15(11-17-13-25-22-9-7-19(27-2)12-21(17)22)24-14-20-8-10-23(28-20)16-3-5-18(26)6-4-16/h3-10,12-13,15,24-26H,11,14H2,1-2H3. The van der Waals surface area contributed by atoms with Crippen LogP contribution in [0.4, 0.5) is 0 Å². The fourth-order valence-corrected chi connectivity index (χ4v) is 3.38. The molecule has 0 aliphatic heterocycles. The van der Waals surface area contributed by atoms with Gasteiger partial charge in [-0.05, 0) is 73.5 Å². The molecule has 28 heavy (non-hydrogen) atoms. The van der Waals surface area contributed by atoms with Crippen molar-refractivity contribution in [1.82, 2.24) is 10.3 Å². The fourth-order valence-electron chi connectivity index (χ4n) is 3.38. The van der Waals surface area contributed by atoms with Gasteiger partial charge in [0, 0.05) is 28.7 Å². The van der Waals surface area contributed by atoms with Crippen LogP contribution in [0.3, 0.4) is 0 Å². The maximum atomic E-state index is 9.41. The van der Waals surface area contributed by atoms with Gasteiger partial charge in [-0.3, -0.25) is 0 Å². The molecule has 3 N–H and O–H groups in total. The average molecular weight is 376 g/mol. The molecule has 0 fully saturated rings. The van der Waals surface area contributed by atoms with E-state index in [9.17, 15) is 5.11 Å². The summed E-state index contributed by atoms with van der Waals surface area (Å²) in [7, 11) is 1.69. The Kier molecular flexibility index (Phi) is 5.08. The van der Waals surface area contributed by atoms with Crippen LogP contribution in [0, 0.1) is 0 Å². The number of phenols is 1. The topological polar surface area (TPSA) is 70.4 Å². The number of hydrogen-bond donors (Lipinski definition) is 3. The molecule has 4 aromatic rings. The summed E-state index contributed by atoms with van der Waals surface area (Å²) in [6.07, 6.45) is 2.97. The van der Waals surface area contributed by atoms with Crippen LogP contribution in [0.5, 0.6) is 11.5 Å². The number of furan rings is 1. The Morgan fingerprint density at radius 2 is 1.93 bits per heavy atom. The minimum absolute atomic E-state index is 0.251. The number of benzene rings is 2. The number of aromatic amines is 1. The van der Waals surface area contributed by atoms with E-state index >= 15 is 0 Å². The number of ether oxygens (including phenoxy) is 1. The monoisotopic (exact) mass is 376 g/mol. The first-order valence-corrected chi connectivity index (χ1v) is 9.38. The summed E-state index contributed by atoms with van der Waals surface area (Å²) in [5.41, 5.74) is 3.33. The van der Waals surface area contributed by atoms with Crippen molar-refractivity contribution in [3.8, 4) is 22.8 Å². The van der Waals surface area contributed by atoms with Gasteiger partial charge < -0.3 is 24.6 Å². The third kappa shape index (κ3) is 3.89. The number of H-pyrrole nitrogens is 1. The van der Waals surface area contributed by atoms with Crippen LogP contribution < -0.4 is 10.1 Å². The maximum Gasteiger partial charge on any atom is 0.134 e. The van der Waals surface area contributed by atoms with Gasteiger partial charge in [0.15, 0.2) is 0 Å². The minimum atomic E-state index is 0.251. The Hall–Kier alpha value is -3.18. The Labute approximate surface area is 164 Å². The normalized spacial score (nSPS) is 12.4. The Balaban J connectivity index is 1.38. The molecule has 0 bridgehead atoms. The largest absolute Gasteiger partial charge is 0.508 e. The molecule has 0 saturated heterocycles. The lowest BCUT2D eigenvalue weighted by Crippen LogP contribution is -2.27. The molecule has 2 aromatic carbocycles. The van der Waals surface area contributed by atoms with E-state index in [0.717, 1.165) is 34.8 Å². The van der Waals surface area contributed by atoms with Gasteiger partial charge in [-0.1, -0.05) is 0 Å². The quantitative estimate of drug-likeness (QED) is 0.431. The molecule has 1 unspecified atom stereocenters. The number of methoxy groups -OCH3 is 1. The molecule has 0 aliphatic carbocycles. The molecule has 5 nitrogen and oxygen atoms in total. The van der Waals surface area contributed by atoms with Crippen LogP contribution in [0.25, 0.3) is 22.2 Å². The van der Waals surface area contributed by atoms with E-state index in [2.05, 4.69) is 29.5 Å². The Morgan fingerprint density at radius 1 is 1.11 bits per heavy atom. The second-order valence-electron chi connectivity index (χ2n) is 7.02. The molecule has 0 spiro atoms. The first-order chi connectivity index (χ1) is 13.6. The van der Waals surface area contributed by atoms with Gasteiger partial charge in [0.2, 0.25) is 0 Å². The highest BCUT2D eigenvalue weighted by molar-refractivity contribution is 5.84. The summed E-state index contributed by atoms with van der Waals surface area (Å²) < 4.78 is 11.3. The molecular formula is C23H24N2O3. The smallest absolute Gasteiger partial charge is 0.134 e. The summed E-state index contributed by atoms with van der Waals surface area (Å²) in [4.78, 5) is 3.32. The second kappa shape index (κ2) is 7.82. The van der Waals surface area contributed by atoms with E-state index in [1.165, 1.54) is 10.9 Å². The van der Waals surface area contributed by atoms with Gasteiger partial charge in [0.25, 0.3) is 0 Å². The predicted octanol–water partition coefficient (Wildman–Crippen LogP) is 4.86. The molecule has 1 atom stereocenters. The zero-order valence-electron chi connectivity index (χ0n) is 16.0. The van der Waals surface area contributed by atoms with Gasteiger partial charge >= 0.3 is 0 Å². The number of phenolic OH excluding ortho intramolecular Hbond substituents is 1. The molecule has 0 saturated carbocycles. The Morgan fingerprint density at radius 3 is 2.71 bits per heavy atom. The van der Waals surface area contributed by atoms with E-state index in [4.69, 9.17) is 9.15 Å². The van der Waals surface area contributed by atoms with Crippen molar-refractivity contribution in [1.29, 1.82) is 0 Å². The van der Waals surface area contributed by atoms with Crippen LogP contribution in [0.2, 0.25) is 0 Å². The first-order valence-electron chi connectivity index (χ1n) is 9.38. The van der Waals surface area contributed by atoms with Crippen molar-refractivity contribution in [2.45, 2.75) is 25.9 Å². The van der Waals surface area contributed by atoms with Crippen LogP contribution in [-0.2, 0) is 13.0 Å². The van der Waals surface area contributed by atoms with Crippen molar-refractivity contribution < 1.29 is 14.3 Å². The lowest BCUT2D eigenvalue weighted by Gasteiger charge is -2.12. The molecular weight excluding hydrogens is 352 g/mol. The average Bonchev–Trinajstić information content (AvgIpc) is 3.34. The van der Waals surface area contributed by atoms with Crippen molar-refractivity contribution in [3.05, 3.63) is 72.1 Å². The first kappa shape index (κ1) is 18.2. The number of aromatic hydroxyl groups is 1. The van der Waals surface area contributed by atoms with E-state index in [-0.39, 0.29) is 11.8 Å². The van der Waals surface area contributed by atoms with Gasteiger partial charge in [-0.15, -0.1) is 0 Å². The molecule has 0 aliphatic rings. The molecule has 144 valence electrons. The van der Waals surface area contributed by atoms with Gasteiger partial charge in [-0.25, -0.2) is 0 Å². The second-order valence-corrected chi connectivity index (χ2v) is 7.02. The molecule has 2 heterocycles. The zero-order valence-corrected chi connectivity index (χ0v) is 16.0. The van der Waals surface area contributed by atoms with Crippen molar-refractivity contribution in [2.75, 3.05) is 7.11 Å². The van der Waals surface area contributed by atoms with Crippen molar-refractivity contribution in [2.24, 2.45) is 0 Å². The van der Waals surface area contributed by atoms with Crippen molar-refractivity contribution in [3.63, 3.8) is 0 Å². The summed E-state index contributed by atoms with van der Waals surface area (Å²) in [6, 6.07) is 17.3. The summed E-state index contributed by atoms with van der Waals surface area (Å²) >= 11 is 0. The van der Waals surface area contributed by atoms with Crippen LogP contribution in [0.15, 0.2) is 65.2 Å². The molecule has 0 amide bonds. The third-order valence-electron chi connectivity index (χ3n) is 4.94. The van der Waals surface area contributed by atoms with E-state index in [1.807, 2.05) is 36.4 Å². The Bertz CT molecular complexity index is 1060. The maximum absolute atomic E-state index is 9.41. The number of aromatic nitrogens is 1. The summed E-state index contributed by atoms with van der Waals surface area (Å²) in [5.74, 6) is 2.80. The summed E-state index contributed by atoms with van der Waals surface area (Å²) in [5, 5.41) is 14.1. The highest BCUT2D eigenvalue weighted by Crippen LogP contribution is 2.26. The lowest BCUT2D eigenvalue weighted by atomic mass is 10.1. The molecule has 4 rings (SSSR count). The third-order valence-corrected chi connectivity index (χ3v) is 4.94. The van der Waals surface area contributed by atoms with Crippen LogP contribution >= 0.6 is 0 Å². The SMILES string of the molecule is COc1ccc2[nH]cc(CC(C)NCc3ccc(-c4ccc(O)cc4)o3)c2c1. The van der Waals surface area contributed by atoms with Gasteiger partial charge in [0.1, 0.15) is 23.0 Å². The lowest BCUT2D eigenvalue weighted by molar-refractivity contribution is 0.415. The van der Waals surface area contributed by atoms with E-state index in [0.29, 0.717) is 6.54 Å². The number of rotatable bonds is 7. The zero-order chi connectivity index (χ0) is 19.5. The van der Waals surface area contributed by atoms with Gasteiger partial charge in [-0.2, -0.15) is 0 Å².